The van der Waals surface area contributed by atoms with E-state index in [0.717, 1.165) is 11.3 Å². The summed E-state index contributed by atoms with van der Waals surface area (Å²) in [5.41, 5.74) is 1.56. The van der Waals surface area contributed by atoms with Crippen LogP contribution in [0.3, 0.4) is 0 Å². The number of amides is 1. The van der Waals surface area contributed by atoms with Crippen molar-refractivity contribution >= 4 is 17.5 Å². The number of benzene rings is 2. The average Bonchev–Trinajstić information content (AvgIpc) is 2.55. The van der Waals surface area contributed by atoms with Crippen molar-refractivity contribution in [3.8, 4) is 11.5 Å². The van der Waals surface area contributed by atoms with E-state index >= 15 is 0 Å². The van der Waals surface area contributed by atoms with Gasteiger partial charge in [-0.25, -0.2) is 0 Å². The number of carbonyl (C=O) groups is 1. The second kappa shape index (κ2) is 7.71. The maximum absolute atomic E-state index is 12.1. The average molecular weight is 320 g/mol. The van der Waals surface area contributed by atoms with Gasteiger partial charge in [-0.05, 0) is 36.2 Å². The highest BCUT2D eigenvalue weighted by molar-refractivity contribution is 6.32. The molecule has 1 amide bonds. The van der Waals surface area contributed by atoms with Crippen LogP contribution in [0.5, 0.6) is 11.5 Å². The Morgan fingerprint density at radius 1 is 1.09 bits per heavy atom. The third-order valence-electron chi connectivity index (χ3n) is 3.29. The van der Waals surface area contributed by atoms with Crippen LogP contribution in [0.2, 0.25) is 5.02 Å². The topological polar surface area (TPSA) is 47.6 Å². The number of hydrogen-bond acceptors (Lipinski definition) is 3. The van der Waals surface area contributed by atoms with Crippen molar-refractivity contribution in [2.45, 2.75) is 6.42 Å². The fourth-order valence-electron chi connectivity index (χ4n) is 2.13. The summed E-state index contributed by atoms with van der Waals surface area (Å²) >= 11 is 6.02. The van der Waals surface area contributed by atoms with Crippen LogP contribution in [0.25, 0.3) is 0 Å². The zero-order valence-electron chi connectivity index (χ0n) is 12.6. The Balaban J connectivity index is 1.94. The highest BCUT2D eigenvalue weighted by atomic mass is 35.5. The molecular formula is C17H18ClNO3. The minimum atomic E-state index is -0.167. The summed E-state index contributed by atoms with van der Waals surface area (Å²) in [6.45, 7) is 0.517. The van der Waals surface area contributed by atoms with Crippen LogP contribution in [0, 0.1) is 0 Å². The van der Waals surface area contributed by atoms with E-state index in [1.54, 1.807) is 25.3 Å². The van der Waals surface area contributed by atoms with Gasteiger partial charge in [-0.15, -0.1) is 0 Å². The van der Waals surface area contributed by atoms with E-state index in [1.807, 2.05) is 24.3 Å². The van der Waals surface area contributed by atoms with Gasteiger partial charge in [0, 0.05) is 12.1 Å². The standard InChI is InChI=1S/C17H18ClNO3/c1-21-15-6-4-3-5-12(15)9-10-19-17(20)13-7-8-16(22-2)14(18)11-13/h3-8,11H,9-10H2,1-2H3,(H,19,20). The molecule has 0 aliphatic carbocycles. The van der Waals surface area contributed by atoms with Gasteiger partial charge in [0.1, 0.15) is 11.5 Å². The summed E-state index contributed by atoms with van der Waals surface area (Å²) in [4.78, 5) is 12.1. The molecule has 0 bridgehead atoms. The van der Waals surface area contributed by atoms with Crippen LogP contribution in [0.1, 0.15) is 15.9 Å². The molecule has 0 fully saturated rings. The summed E-state index contributed by atoms with van der Waals surface area (Å²) in [6.07, 6.45) is 0.694. The highest BCUT2D eigenvalue weighted by Gasteiger charge is 2.09. The minimum Gasteiger partial charge on any atom is -0.496 e. The Kier molecular flexibility index (Phi) is 5.67. The number of methoxy groups -OCH3 is 2. The van der Waals surface area contributed by atoms with E-state index in [9.17, 15) is 4.79 Å². The first-order valence-corrected chi connectivity index (χ1v) is 7.27. The molecule has 2 aromatic carbocycles. The Bertz CT molecular complexity index is 658. The molecule has 0 saturated heterocycles. The van der Waals surface area contributed by atoms with Crippen LogP contribution in [0.15, 0.2) is 42.5 Å². The second-order valence-corrected chi connectivity index (χ2v) is 5.07. The first-order chi connectivity index (χ1) is 10.7. The molecule has 0 aromatic heterocycles. The number of carbonyl (C=O) groups excluding carboxylic acids is 1. The van der Waals surface area contributed by atoms with Gasteiger partial charge in [0.25, 0.3) is 5.91 Å². The van der Waals surface area contributed by atoms with Gasteiger partial charge in [0.05, 0.1) is 19.2 Å². The number of rotatable bonds is 6. The summed E-state index contributed by atoms with van der Waals surface area (Å²) < 4.78 is 10.4. The van der Waals surface area contributed by atoms with Crippen molar-refractivity contribution in [2.75, 3.05) is 20.8 Å². The molecule has 22 heavy (non-hydrogen) atoms. The van der Waals surface area contributed by atoms with E-state index in [2.05, 4.69) is 5.32 Å². The SMILES string of the molecule is COc1ccc(C(=O)NCCc2ccccc2OC)cc1Cl. The van der Waals surface area contributed by atoms with E-state index in [0.29, 0.717) is 29.3 Å². The van der Waals surface area contributed by atoms with Crippen LogP contribution in [-0.4, -0.2) is 26.7 Å². The van der Waals surface area contributed by atoms with Crippen LogP contribution < -0.4 is 14.8 Å². The number of nitrogens with one attached hydrogen (secondary N) is 1. The van der Waals surface area contributed by atoms with Crippen molar-refractivity contribution < 1.29 is 14.3 Å². The first kappa shape index (κ1) is 16.2. The Labute approximate surface area is 135 Å². The van der Waals surface area contributed by atoms with Gasteiger partial charge in [0.15, 0.2) is 0 Å². The molecule has 4 nitrogen and oxygen atoms in total. The fraction of sp³-hybridized carbons (Fsp3) is 0.235. The van der Waals surface area contributed by atoms with Crippen molar-refractivity contribution in [2.24, 2.45) is 0 Å². The lowest BCUT2D eigenvalue weighted by atomic mass is 10.1. The molecular weight excluding hydrogens is 302 g/mol. The summed E-state index contributed by atoms with van der Waals surface area (Å²) in [6, 6.07) is 12.7. The summed E-state index contributed by atoms with van der Waals surface area (Å²) in [5, 5.41) is 3.29. The molecule has 0 unspecified atom stereocenters. The highest BCUT2D eigenvalue weighted by Crippen LogP contribution is 2.24. The fourth-order valence-corrected chi connectivity index (χ4v) is 2.39. The smallest absolute Gasteiger partial charge is 0.251 e. The Morgan fingerprint density at radius 2 is 1.82 bits per heavy atom. The van der Waals surface area contributed by atoms with Crippen molar-refractivity contribution in [3.63, 3.8) is 0 Å². The number of para-hydroxylation sites is 1. The predicted octanol–water partition coefficient (Wildman–Crippen LogP) is 3.33. The summed E-state index contributed by atoms with van der Waals surface area (Å²) in [5.74, 6) is 1.20. The maximum atomic E-state index is 12.1. The zero-order valence-corrected chi connectivity index (χ0v) is 13.3. The molecule has 0 atom stereocenters. The lowest BCUT2D eigenvalue weighted by Gasteiger charge is -2.10. The number of halogens is 1. The van der Waals surface area contributed by atoms with Gasteiger partial charge in [0.2, 0.25) is 0 Å². The minimum absolute atomic E-state index is 0.167. The van der Waals surface area contributed by atoms with Crippen LogP contribution in [-0.2, 0) is 6.42 Å². The monoisotopic (exact) mass is 319 g/mol. The van der Waals surface area contributed by atoms with Crippen LogP contribution >= 0.6 is 11.6 Å². The molecule has 5 heteroatoms. The molecule has 0 aliphatic heterocycles. The number of hydrogen-bond donors (Lipinski definition) is 1. The largest absolute Gasteiger partial charge is 0.496 e. The molecule has 2 rings (SSSR count). The quantitative estimate of drug-likeness (QED) is 0.888. The molecule has 1 N–H and O–H groups in total. The Morgan fingerprint density at radius 3 is 2.50 bits per heavy atom. The van der Waals surface area contributed by atoms with Crippen molar-refractivity contribution in [3.05, 3.63) is 58.6 Å². The first-order valence-electron chi connectivity index (χ1n) is 6.89. The third kappa shape index (κ3) is 3.92. The van der Waals surface area contributed by atoms with E-state index in [4.69, 9.17) is 21.1 Å². The lowest BCUT2D eigenvalue weighted by Crippen LogP contribution is -2.25. The molecule has 0 aliphatic rings. The third-order valence-corrected chi connectivity index (χ3v) is 3.58. The molecule has 0 radical (unpaired) electrons. The molecule has 0 spiro atoms. The van der Waals surface area contributed by atoms with Gasteiger partial charge >= 0.3 is 0 Å². The molecule has 0 heterocycles. The summed E-state index contributed by atoms with van der Waals surface area (Å²) in [7, 11) is 3.17. The van der Waals surface area contributed by atoms with Crippen molar-refractivity contribution in [1.29, 1.82) is 0 Å². The van der Waals surface area contributed by atoms with E-state index in [1.165, 1.54) is 7.11 Å². The zero-order chi connectivity index (χ0) is 15.9. The van der Waals surface area contributed by atoms with Crippen molar-refractivity contribution in [1.82, 2.24) is 5.32 Å². The Hall–Kier alpha value is -2.20. The maximum Gasteiger partial charge on any atom is 0.251 e. The molecule has 2 aromatic rings. The van der Waals surface area contributed by atoms with Gasteiger partial charge in [-0.1, -0.05) is 29.8 Å². The van der Waals surface area contributed by atoms with E-state index in [-0.39, 0.29) is 5.91 Å². The molecule has 116 valence electrons. The molecule has 0 saturated carbocycles. The van der Waals surface area contributed by atoms with Gasteiger partial charge in [-0.2, -0.15) is 0 Å². The van der Waals surface area contributed by atoms with E-state index < -0.39 is 0 Å². The predicted molar refractivity (Wildman–Crippen MR) is 87.0 cm³/mol. The van der Waals surface area contributed by atoms with Gasteiger partial charge < -0.3 is 14.8 Å². The van der Waals surface area contributed by atoms with Crippen LogP contribution in [0.4, 0.5) is 0 Å². The lowest BCUT2D eigenvalue weighted by molar-refractivity contribution is 0.0954. The number of ether oxygens (including phenoxy) is 2. The normalized spacial score (nSPS) is 10.1. The second-order valence-electron chi connectivity index (χ2n) is 4.67. The van der Waals surface area contributed by atoms with Gasteiger partial charge in [-0.3, -0.25) is 4.79 Å².